The third kappa shape index (κ3) is 4.44. The number of amides is 1. The van der Waals surface area contributed by atoms with E-state index in [1.807, 2.05) is 13.0 Å². The van der Waals surface area contributed by atoms with Crippen LogP contribution in [0.15, 0.2) is 27.5 Å². The molecule has 3 aromatic heterocycles. The van der Waals surface area contributed by atoms with Gasteiger partial charge in [0.25, 0.3) is 5.91 Å². The molecule has 1 aliphatic carbocycles. The van der Waals surface area contributed by atoms with Crippen LogP contribution in [0.25, 0.3) is 5.13 Å². The molecule has 1 amide bonds. The maximum atomic E-state index is 12.7. The molecule has 0 spiro atoms. The van der Waals surface area contributed by atoms with E-state index in [1.54, 1.807) is 18.0 Å². The van der Waals surface area contributed by atoms with E-state index in [9.17, 15) is 9.59 Å². The number of anilines is 2. The number of rotatable bonds is 7. The Morgan fingerprint density at radius 1 is 1.32 bits per heavy atom. The van der Waals surface area contributed by atoms with E-state index in [4.69, 9.17) is 13.9 Å². The van der Waals surface area contributed by atoms with Gasteiger partial charge in [0.1, 0.15) is 0 Å². The van der Waals surface area contributed by atoms with Crippen molar-refractivity contribution >= 4 is 28.1 Å². The fourth-order valence-electron chi connectivity index (χ4n) is 3.48. The van der Waals surface area contributed by atoms with Crippen LogP contribution in [-0.2, 0) is 4.74 Å². The van der Waals surface area contributed by atoms with Gasteiger partial charge in [0.05, 0.1) is 18.9 Å². The molecule has 164 valence electrons. The van der Waals surface area contributed by atoms with Gasteiger partial charge in [0.15, 0.2) is 5.76 Å². The lowest BCUT2D eigenvalue weighted by molar-refractivity contribution is 0.0991. The van der Waals surface area contributed by atoms with E-state index in [2.05, 4.69) is 25.9 Å². The number of carbonyl (C=O) groups excluding carboxylic acids is 1. The van der Waals surface area contributed by atoms with Crippen molar-refractivity contribution in [3.05, 3.63) is 40.2 Å². The molecule has 0 bridgehead atoms. The lowest BCUT2D eigenvalue weighted by Crippen LogP contribution is -2.21. The minimum absolute atomic E-state index is 0.0183. The zero-order valence-electron chi connectivity index (χ0n) is 17.2. The van der Waals surface area contributed by atoms with Gasteiger partial charge in [-0.2, -0.15) is 5.10 Å². The number of aromatic nitrogens is 4. The summed E-state index contributed by atoms with van der Waals surface area (Å²) in [6, 6.07) is 3.38. The molecule has 31 heavy (non-hydrogen) atoms. The van der Waals surface area contributed by atoms with E-state index in [0.29, 0.717) is 10.8 Å². The first kappa shape index (κ1) is 21.0. The quantitative estimate of drug-likeness (QED) is 0.560. The largest absolute Gasteiger partial charge is 0.488 e. The van der Waals surface area contributed by atoms with E-state index in [1.165, 1.54) is 13.2 Å². The van der Waals surface area contributed by atoms with Crippen molar-refractivity contribution in [2.75, 3.05) is 24.9 Å². The molecule has 0 aromatic carbocycles. The normalized spacial score (nSPS) is 18.2. The van der Waals surface area contributed by atoms with Gasteiger partial charge < -0.3 is 19.2 Å². The number of hydrogen-bond acceptors (Lipinski definition) is 10. The Kier molecular flexibility index (Phi) is 6.00. The molecule has 3 heterocycles. The first-order valence-electron chi connectivity index (χ1n) is 9.65. The van der Waals surface area contributed by atoms with Crippen molar-refractivity contribution in [1.82, 2.24) is 20.0 Å². The topological polar surface area (TPSA) is 133 Å². The lowest BCUT2D eigenvalue weighted by Gasteiger charge is -2.16. The number of carbonyl (C=O) groups is 1. The lowest BCUT2D eigenvalue weighted by atomic mass is 10.2. The maximum Gasteiger partial charge on any atom is 0.381 e. The molecule has 11 nitrogen and oxygen atoms in total. The van der Waals surface area contributed by atoms with E-state index < -0.39 is 11.5 Å². The molecule has 2 atom stereocenters. The first-order chi connectivity index (χ1) is 15.0. The van der Waals surface area contributed by atoms with Crippen LogP contribution in [0, 0.1) is 6.92 Å². The number of nitrogens with zero attached hydrogens (tertiary/aromatic N) is 4. The van der Waals surface area contributed by atoms with Gasteiger partial charge in [0.2, 0.25) is 16.0 Å². The second-order valence-corrected chi connectivity index (χ2v) is 8.04. The Morgan fingerprint density at radius 2 is 2.16 bits per heavy atom. The molecular formula is C19H22N6O5S. The Bertz CT molecular complexity index is 1140. The van der Waals surface area contributed by atoms with Gasteiger partial charge in [-0.05, 0) is 32.3 Å². The molecule has 0 radical (unpaired) electrons. The summed E-state index contributed by atoms with van der Waals surface area (Å²) < 4.78 is 17.3. The average molecular weight is 446 g/mol. The summed E-state index contributed by atoms with van der Waals surface area (Å²) in [6.45, 7) is 1.88. The van der Waals surface area contributed by atoms with Crippen LogP contribution in [0.4, 0.5) is 10.8 Å². The van der Waals surface area contributed by atoms with E-state index in [-0.39, 0.29) is 28.8 Å². The third-order valence-corrected chi connectivity index (χ3v) is 5.88. The van der Waals surface area contributed by atoms with Gasteiger partial charge >= 0.3 is 5.63 Å². The Labute approximate surface area is 181 Å². The zero-order valence-corrected chi connectivity index (χ0v) is 18.1. The first-order valence-corrected chi connectivity index (χ1v) is 10.5. The predicted molar refractivity (Wildman–Crippen MR) is 113 cm³/mol. The summed E-state index contributed by atoms with van der Waals surface area (Å²) in [4.78, 5) is 25.1. The summed E-state index contributed by atoms with van der Waals surface area (Å²) in [6.07, 6.45) is 4.40. The Morgan fingerprint density at radius 3 is 2.84 bits per heavy atom. The fraction of sp³-hybridized carbons (Fsp3) is 0.421. The van der Waals surface area contributed by atoms with Gasteiger partial charge in [-0.15, -0.1) is 10.2 Å². The van der Waals surface area contributed by atoms with Crippen molar-refractivity contribution in [3.63, 3.8) is 0 Å². The maximum absolute atomic E-state index is 12.7. The van der Waals surface area contributed by atoms with Crippen LogP contribution < -0.4 is 21.0 Å². The predicted octanol–water partition coefficient (Wildman–Crippen LogP) is 2.23. The summed E-state index contributed by atoms with van der Waals surface area (Å²) >= 11 is 1.14. The van der Waals surface area contributed by atoms with Gasteiger partial charge in [-0.1, -0.05) is 11.3 Å². The van der Waals surface area contributed by atoms with Crippen molar-refractivity contribution in [1.29, 1.82) is 0 Å². The summed E-state index contributed by atoms with van der Waals surface area (Å²) in [5, 5.41) is 18.8. The molecule has 0 aliphatic heterocycles. The van der Waals surface area contributed by atoms with Crippen molar-refractivity contribution in [3.8, 4) is 10.9 Å². The molecule has 2 N–H and O–H groups in total. The standard InChI is InChI=1S/C19H22N6O5S/c1-10-6-7-20-25(10)19-24-23-18(31-19)22-16(26)14-9-13(15(29-3)17(27)30-14)21-11-4-5-12(8-11)28-2/h6-7,9,11-12,21H,4-5,8H2,1-3H3,(H,22,23,26)/t11-,12-/m0/s1. The summed E-state index contributed by atoms with van der Waals surface area (Å²) in [5.41, 5.74) is 0.536. The Hall–Kier alpha value is -3.25. The molecule has 12 heteroatoms. The van der Waals surface area contributed by atoms with Gasteiger partial charge in [-0.3, -0.25) is 10.1 Å². The SMILES string of the molecule is COc1c(N[C@H]2CC[C@H](OC)C2)cc(C(=O)Nc2nnc(-n3nccc3C)s2)oc1=O. The zero-order chi connectivity index (χ0) is 22.0. The van der Waals surface area contributed by atoms with Crippen LogP contribution in [0.3, 0.4) is 0 Å². The highest BCUT2D eigenvalue weighted by Crippen LogP contribution is 2.29. The van der Waals surface area contributed by atoms with E-state index in [0.717, 1.165) is 36.3 Å². The Balaban J connectivity index is 1.53. The minimum atomic E-state index is -0.746. The number of hydrogen-bond donors (Lipinski definition) is 2. The minimum Gasteiger partial charge on any atom is -0.488 e. The van der Waals surface area contributed by atoms with Crippen molar-refractivity contribution in [2.24, 2.45) is 0 Å². The van der Waals surface area contributed by atoms with Crippen molar-refractivity contribution < 1.29 is 18.7 Å². The smallest absolute Gasteiger partial charge is 0.381 e. The number of nitrogens with one attached hydrogen (secondary N) is 2. The van der Waals surface area contributed by atoms with Gasteiger partial charge in [-0.25, -0.2) is 9.48 Å². The highest BCUT2D eigenvalue weighted by Gasteiger charge is 2.27. The third-order valence-electron chi connectivity index (χ3n) is 5.06. The molecule has 0 saturated heterocycles. The monoisotopic (exact) mass is 446 g/mol. The van der Waals surface area contributed by atoms with E-state index >= 15 is 0 Å². The summed E-state index contributed by atoms with van der Waals surface area (Å²) in [5.74, 6) is -0.768. The molecule has 1 fully saturated rings. The molecule has 0 unspecified atom stereocenters. The number of ether oxygens (including phenoxy) is 2. The molecule has 1 aliphatic rings. The fourth-order valence-corrected chi connectivity index (χ4v) is 4.24. The highest BCUT2D eigenvalue weighted by molar-refractivity contribution is 7.17. The van der Waals surface area contributed by atoms with Crippen molar-refractivity contribution in [2.45, 2.75) is 38.3 Å². The molecular weight excluding hydrogens is 424 g/mol. The second kappa shape index (κ2) is 8.86. The molecule has 3 aromatic rings. The second-order valence-electron chi connectivity index (χ2n) is 7.09. The summed E-state index contributed by atoms with van der Waals surface area (Å²) in [7, 11) is 3.06. The molecule has 1 saturated carbocycles. The van der Waals surface area contributed by atoms with Crippen LogP contribution in [0.2, 0.25) is 0 Å². The van der Waals surface area contributed by atoms with Crippen LogP contribution in [0.5, 0.6) is 5.75 Å². The molecule has 4 rings (SSSR count). The van der Waals surface area contributed by atoms with Gasteiger partial charge in [0, 0.05) is 31.1 Å². The number of aryl methyl sites for hydroxylation is 1. The van der Waals surface area contributed by atoms with Crippen LogP contribution in [-0.4, -0.2) is 52.3 Å². The highest BCUT2D eigenvalue weighted by atomic mass is 32.1. The van der Waals surface area contributed by atoms with Crippen LogP contribution >= 0.6 is 11.3 Å². The number of methoxy groups -OCH3 is 2. The van der Waals surface area contributed by atoms with Crippen LogP contribution in [0.1, 0.15) is 35.5 Å². The average Bonchev–Trinajstić information content (AvgIpc) is 3.49.